The van der Waals surface area contributed by atoms with Crippen molar-refractivity contribution in [3.8, 4) is 0 Å². The smallest absolute Gasteiger partial charge is 0.309 e. The summed E-state index contributed by atoms with van der Waals surface area (Å²) in [7, 11) is 2.09. The summed E-state index contributed by atoms with van der Waals surface area (Å²) in [5.41, 5.74) is 0.581. The number of ketones is 1. The van der Waals surface area contributed by atoms with Gasteiger partial charge in [-0.05, 0) is 51.3 Å². The van der Waals surface area contributed by atoms with Crippen molar-refractivity contribution >= 4 is 29.2 Å². The molecule has 2 N–H and O–H groups in total. The lowest BCUT2D eigenvalue weighted by atomic mass is 9.73. The molecule has 196 valence electrons. The summed E-state index contributed by atoms with van der Waals surface area (Å²) in [6.07, 6.45) is 2.72. The second-order valence-electron chi connectivity index (χ2n) is 11.2. The molecule has 1 aromatic heterocycles. The van der Waals surface area contributed by atoms with Gasteiger partial charge in [-0.1, -0.05) is 34.1 Å². The summed E-state index contributed by atoms with van der Waals surface area (Å²) >= 11 is 1.58. The normalized spacial score (nSPS) is 37.5. The fourth-order valence-electron chi connectivity index (χ4n) is 5.35. The molecular weight excluding hydrogens is 464 g/mol. The number of carbonyl (C=O) groups excluding carboxylic acids is 2. The van der Waals surface area contributed by atoms with Crippen molar-refractivity contribution < 1.29 is 24.5 Å². The van der Waals surface area contributed by atoms with Crippen molar-refractivity contribution in [2.75, 3.05) is 7.05 Å². The molecular formula is C27H42N2O5S. The molecule has 0 spiro atoms. The molecule has 2 aliphatic rings. The minimum atomic E-state index is -1.21. The average Bonchev–Trinajstić information content (AvgIpc) is 3.18. The van der Waals surface area contributed by atoms with E-state index in [-0.39, 0.29) is 18.1 Å². The Kier molecular flexibility index (Phi) is 8.95. The molecule has 0 saturated carbocycles. The van der Waals surface area contributed by atoms with E-state index in [9.17, 15) is 19.8 Å². The number of carbonyl (C=O) groups is 2. The number of aliphatic hydroxyl groups is 2. The van der Waals surface area contributed by atoms with Crippen LogP contribution < -0.4 is 0 Å². The molecule has 0 bridgehead atoms. The Balaban J connectivity index is 1.85. The molecule has 0 amide bonds. The van der Waals surface area contributed by atoms with Crippen LogP contribution in [0.3, 0.4) is 0 Å². The molecule has 0 aliphatic carbocycles. The molecule has 2 saturated heterocycles. The molecule has 0 aromatic carbocycles. The van der Waals surface area contributed by atoms with Gasteiger partial charge in [-0.25, -0.2) is 4.98 Å². The van der Waals surface area contributed by atoms with E-state index in [1.165, 1.54) is 0 Å². The predicted octanol–water partition coefficient (Wildman–Crippen LogP) is 4.00. The number of hydrogen-bond acceptors (Lipinski definition) is 8. The Hall–Kier alpha value is -1.61. The van der Waals surface area contributed by atoms with Gasteiger partial charge < -0.3 is 14.9 Å². The Labute approximate surface area is 213 Å². The van der Waals surface area contributed by atoms with Crippen molar-refractivity contribution in [3.63, 3.8) is 0 Å². The van der Waals surface area contributed by atoms with E-state index in [0.717, 1.165) is 35.5 Å². The van der Waals surface area contributed by atoms with Crippen molar-refractivity contribution in [2.24, 2.45) is 17.3 Å². The van der Waals surface area contributed by atoms with E-state index in [4.69, 9.17) is 4.74 Å². The molecule has 35 heavy (non-hydrogen) atoms. The highest BCUT2D eigenvalue weighted by Gasteiger charge is 2.46. The first-order chi connectivity index (χ1) is 16.3. The van der Waals surface area contributed by atoms with E-state index in [1.54, 1.807) is 32.1 Å². The number of rotatable bonds is 2. The summed E-state index contributed by atoms with van der Waals surface area (Å²) in [5, 5.41) is 24.7. The lowest BCUT2D eigenvalue weighted by Gasteiger charge is -2.34. The van der Waals surface area contributed by atoms with Crippen LogP contribution >= 0.6 is 11.3 Å². The molecule has 3 rings (SSSR count). The number of hydrogen-bond donors (Lipinski definition) is 2. The number of esters is 1. The van der Waals surface area contributed by atoms with E-state index < -0.39 is 35.6 Å². The number of aromatic nitrogens is 1. The highest BCUT2D eigenvalue weighted by molar-refractivity contribution is 7.09. The molecule has 0 radical (unpaired) electrons. The van der Waals surface area contributed by atoms with Crippen molar-refractivity contribution in [1.82, 2.24) is 9.88 Å². The van der Waals surface area contributed by atoms with Crippen LogP contribution in [-0.2, 0) is 14.3 Å². The van der Waals surface area contributed by atoms with Crippen LogP contribution in [0, 0.1) is 24.2 Å². The second-order valence-corrected chi connectivity index (χ2v) is 12.2. The number of fused-ring (bicyclic) bond motifs is 1. The van der Waals surface area contributed by atoms with E-state index in [0.29, 0.717) is 18.5 Å². The first kappa shape index (κ1) is 28.0. The zero-order valence-electron chi connectivity index (χ0n) is 22.2. The van der Waals surface area contributed by atoms with E-state index in [2.05, 4.69) is 16.9 Å². The van der Waals surface area contributed by atoms with Crippen LogP contribution in [0.5, 0.6) is 0 Å². The van der Waals surface area contributed by atoms with Crippen molar-refractivity contribution in [3.05, 3.63) is 21.7 Å². The van der Waals surface area contributed by atoms with Gasteiger partial charge in [0.2, 0.25) is 0 Å². The summed E-state index contributed by atoms with van der Waals surface area (Å²) in [6.45, 7) is 10.9. The van der Waals surface area contributed by atoms with Crippen molar-refractivity contribution in [1.29, 1.82) is 0 Å². The predicted molar refractivity (Wildman–Crippen MR) is 138 cm³/mol. The third kappa shape index (κ3) is 6.59. The molecule has 1 aromatic rings. The number of Topliss-reactive ketones (excluding diaryl/α,β-unsaturated/α-hetero) is 1. The molecule has 1 unspecified atom stereocenters. The summed E-state index contributed by atoms with van der Waals surface area (Å²) < 4.78 is 5.92. The maximum atomic E-state index is 13.2. The Morgan fingerprint density at radius 3 is 2.54 bits per heavy atom. The third-order valence-corrected chi connectivity index (χ3v) is 8.94. The molecule has 3 heterocycles. The van der Waals surface area contributed by atoms with Crippen LogP contribution in [0.4, 0.5) is 0 Å². The first-order valence-electron chi connectivity index (χ1n) is 12.7. The number of aryl methyl sites for hydroxylation is 1. The highest BCUT2D eigenvalue weighted by Crippen LogP contribution is 2.38. The van der Waals surface area contributed by atoms with Gasteiger partial charge in [0.05, 0.1) is 34.7 Å². The van der Waals surface area contributed by atoms with Gasteiger partial charge in [0.15, 0.2) is 0 Å². The SMILES string of the molecule is C/C(=C\c1csc(C)n1)[C@@H]1C[C@H]2[C@@H](CCC[C@H](C)[C@H](O)[C@@H](C)C(=O)C(C)(C)[C@@H](O)CC(=O)O1)N2C. The molecule has 2 aliphatic heterocycles. The van der Waals surface area contributed by atoms with E-state index >= 15 is 0 Å². The number of nitrogens with zero attached hydrogens (tertiary/aromatic N) is 2. The Bertz CT molecular complexity index is 942. The van der Waals surface area contributed by atoms with Crippen LogP contribution in [-0.4, -0.2) is 69.3 Å². The average molecular weight is 507 g/mol. The third-order valence-electron chi connectivity index (χ3n) is 8.15. The topological polar surface area (TPSA) is 99.7 Å². The first-order valence-corrected chi connectivity index (χ1v) is 13.6. The maximum absolute atomic E-state index is 13.2. The summed E-state index contributed by atoms with van der Waals surface area (Å²) in [5.74, 6) is -1.42. The van der Waals surface area contributed by atoms with Gasteiger partial charge >= 0.3 is 5.97 Å². The molecule has 7 nitrogen and oxygen atoms in total. The monoisotopic (exact) mass is 506 g/mol. The minimum Gasteiger partial charge on any atom is -0.458 e. The Morgan fingerprint density at radius 2 is 1.91 bits per heavy atom. The standard InChI is InChI=1S/C27H42N2O5S/c1-15-9-8-10-20-21(29(20)7)12-22(16(2)11-19-14-35-18(4)28-19)34-24(31)13-23(30)27(5,6)26(33)17(3)25(15)32/h11,14-15,17,20-23,25,30,32H,8-10,12-13H2,1-7H3/b16-11+/t15-,17+,20+,21-,22-,23-,25-,29?/m0/s1. The van der Waals surface area contributed by atoms with Gasteiger partial charge in [-0.15, -0.1) is 11.3 Å². The van der Waals surface area contributed by atoms with Gasteiger partial charge in [0, 0.05) is 29.8 Å². The Morgan fingerprint density at radius 1 is 1.23 bits per heavy atom. The number of thiazole rings is 1. The second kappa shape index (κ2) is 11.2. The number of likely N-dealkylation sites (N-methyl/N-ethyl adjacent to an activating group) is 1. The van der Waals surface area contributed by atoms with Crippen LogP contribution in [0.2, 0.25) is 0 Å². The lowest BCUT2D eigenvalue weighted by molar-refractivity contribution is -0.154. The number of cyclic esters (lactones) is 1. The maximum Gasteiger partial charge on any atom is 0.309 e. The minimum absolute atomic E-state index is 0.0261. The summed E-state index contributed by atoms with van der Waals surface area (Å²) in [4.78, 5) is 33.0. The zero-order chi connectivity index (χ0) is 26.1. The van der Waals surface area contributed by atoms with Crippen LogP contribution in [0.25, 0.3) is 6.08 Å². The van der Waals surface area contributed by atoms with Gasteiger partial charge in [0.1, 0.15) is 11.9 Å². The van der Waals surface area contributed by atoms with Crippen LogP contribution in [0.1, 0.15) is 77.4 Å². The molecule has 8 heteroatoms. The molecule has 2 fully saturated rings. The van der Waals surface area contributed by atoms with Crippen molar-refractivity contribution in [2.45, 2.75) is 104 Å². The largest absolute Gasteiger partial charge is 0.458 e. The van der Waals surface area contributed by atoms with E-state index in [1.807, 2.05) is 32.2 Å². The number of ether oxygens (including phenoxy) is 1. The van der Waals surface area contributed by atoms with Gasteiger partial charge in [-0.3, -0.25) is 14.5 Å². The lowest BCUT2D eigenvalue weighted by Crippen LogP contribution is -2.45. The van der Waals surface area contributed by atoms with Gasteiger partial charge in [0.25, 0.3) is 0 Å². The van der Waals surface area contributed by atoms with Gasteiger partial charge in [-0.2, -0.15) is 0 Å². The highest BCUT2D eigenvalue weighted by atomic mass is 32.1. The summed E-state index contributed by atoms with van der Waals surface area (Å²) in [6, 6.07) is 0.717. The number of aliphatic hydroxyl groups excluding tert-OH is 2. The zero-order valence-corrected chi connectivity index (χ0v) is 23.0. The fourth-order valence-corrected chi connectivity index (χ4v) is 5.92. The van der Waals surface area contributed by atoms with Crippen LogP contribution in [0.15, 0.2) is 11.0 Å². The molecule has 8 atom stereocenters. The fraction of sp³-hybridized carbons (Fsp3) is 0.741. The quantitative estimate of drug-likeness (QED) is 0.462.